The van der Waals surface area contributed by atoms with Gasteiger partial charge in [-0.05, 0) is 53.5 Å². The Morgan fingerprint density at radius 3 is 2.50 bits per heavy atom. The molecule has 0 fully saturated rings. The minimum Gasteiger partial charge on any atom is -0.307 e. The number of carbonyl (C=O) groups is 1. The van der Waals surface area contributed by atoms with Crippen molar-refractivity contribution in [2.24, 2.45) is 0 Å². The van der Waals surface area contributed by atoms with Gasteiger partial charge < -0.3 is 5.32 Å². The maximum atomic E-state index is 12.0. The number of amides is 1. The van der Waals surface area contributed by atoms with E-state index >= 15 is 0 Å². The van der Waals surface area contributed by atoms with E-state index in [4.69, 9.17) is 0 Å². The summed E-state index contributed by atoms with van der Waals surface area (Å²) in [6.07, 6.45) is 1.68. The highest BCUT2D eigenvalue weighted by atomic mass is 79.9. The third-order valence-electron chi connectivity index (χ3n) is 2.60. The van der Waals surface area contributed by atoms with Gasteiger partial charge in [0.2, 0.25) is 0 Å². The number of hydrogen-bond donors (Lipinski definition) is 1. The van der Waals surface area contributed by atoms with Gasteiger partial charge in [0.15, 0.2) is 0 Å². The van der Waals surface area contributed by atoms with Gasteiger partial charge in [-0.15, -0.1) is 0 Å². The maximum Gasteiger partial charge on any atom is 0.256 e. The molecule has 18 heavy (non-hydrogen) atoms. The van der Waals surface area contributed by atoms with Gasteiger partial charge in [-0.2, -0.15) is 0 Å². The summed E-state index contributed by atoms with van der Waals surface area (Å²) in [6, 6.07) is 9.26. The summed E-state index contributed by atoms with van der Waals surface area (Å²) in [5, 5.41) is 2.77. The number of aryl methyl sites for hydroxylation is 2. The molecule has 0 atom stereocenters. The van der Waals surface area contributed by atoms with Gasteiger partial charge in [-0.3, -0.25) is 4.79 Å². The fourth-order valence-electron chi connectivity index (χ4n) is 1.50. The van der Waals surface area contributed by atoms with Crippen LogP contribution in [0.5, 0.6) is 0 Å². The topological polar surface area (TPSA) is 42.0 Å². The van der Waals surface area contributed by atoms with Crippen molar-refractivity contribution in [2.45, 2.75) is 13.8 Å². The maximum absolute atomic E-state index is 12.0. The molecular weight excluding hydrogens is 292 g/mol. The van der Waals surface area contributed by atoms with Crippen molar-refractivity contribution in [1.82, 2.24) is 4.98 Å². The fourth-order valence-corrected chi connectivity index (χ4v) is 1.72. The second kappa shape index (κ2) is 5.31. The van der Waals surface area contributed by atoms with Crippen molar-refractivity contribution in [3.05, 3.63) is 57.7 Å². The van der Waals surface area contributed by atoms with Crippen molar-refractivity contribution in [2.75, 3.05) is 5.32 Å². The normalized spacial score (nSPS) is 10.2. The third-order valence-corrected chi connectivity index (χ3v) is 3.43. The SMILES string of the molecule is Cc1ccc(C(=O)Nc2cc(C)c(Br)cn2)cc1. The molecule has 1 N–H and O–H groups in total. The predicted molar refractivity (Wildman–Crippen MR) is 75.8 cm³/mol. The van der Waals surface area contributed by atoms with Gasteiger partial charge in [-0.1, -0.05) is 17.7 Å². The summed E-state index contributed by atoms with van der Waals surface area (Å²) in [4.78, 5) is 16.1. The molecule has 0 bridgehead atoms. The molecule has 0 spiro atoms. The van der Waals surface area contributed by atoms with Crippen LogP contribution in [0.1, 0.15) is 21.5 Å². The molecule has 0 radical (unpaired) electrons. The highest BCUT2D eigenvalue weighted by Crippen LogP contribution is 2.17. The van der Waals surface area contributed by atoms with Crippen molar-refractivity contribution < 1.29 is 4.79 Å². The Morgan fingerprint density at radius 2 is 1.89 bits per heavy atom. The molecular formula is C14H13BrN2O. The Hall–Kier alpha value is -1.68. The summed E-state index contributed by atoms with van der Waals surface area (Å²) < 4.78 is 0.927. The summed E-state index contributed by atoms with van der Waals surface area (Å²) in [7, 11) is 0. The van der Waals surface area contributed by atoms with Crippen molar-refractivity contribution in [1.29, 1.82) is 0 Å². The standard InChI is InChI=1S/C14H13BrN2O/c1-9-3-5-11(6-4-9)14(18)17-13-7-10(2)12(15)8-16-13/h3-8H,1-2H3,(H,16,17,18). The van der Waals surface area contributed by atoms with Crippen molar-refractivity contribution in [3.63, 3.8) is 0 Å². The van der Waals surface area contributed by atoms with Gasteiger partial charge in [0.1, 0.15) is 5.82 Å². The molecule has 0 unspecified atom stereocenters. The van der Waals surface area contributed by atoms with Gasteiger partial charge in [0, 0.05) is 16.2 Å². The monoisotopic (exact) mass is 304 g/mol. The molecule has 0 saturated heterocycles. The molecule has 3 nitrogen and oxygen atoms in total. The quantitative estimate of drug-likeness (QED) is 0.919. The van der Waals surface area contributed by atoms with Gasteiger partial charge in [0.05, 0.1) is 0 Å². The lowest BCUT2D eigenvalue weighted by Crippen LogP contribution is -2.12. The number of aromatic nitrogens is 1. The Kier molecular flexibility index (Phi) is 3.77. The molecule has 1 aromatic heterocycles. The molecule has 0 aliphatic carbocycles. The molecule has 92 valence electrons. The number of halogens is 1. The average molecular weight is 305 g/mol. The van der Waals surface area contributed by atoms with Crippen LogP contribution in [0.4, 0.5) is 5.82 Å². The Morgan fingerprint density at radius 1 is 1.22 bits per heavy atom. The van der Waals surface area contributed by atoms with E-state index in [1.807, 2.05) is 32.0 Å². The van der Waals surface area contributed by atoms with E-state index < -0.39 is 0 Å². The number of benzene rings is 1. The second-order valence-corrected chi connectivity index (χ2v) is 4.99. The molecule has 1 heterocycles. The lowest BCUT2D eigenvalue weighted by Gasteiger charge is -2.06. The summed E-state index contributed by atoms with van der Waals surface area (Å²) in [6.45, 7) is 3.94. The number of pyridine rings is 1. The molecule has 4 heteroatoms. The first kappa shape index (κ1) is 12.8. The molecule has 0 aliphatic rings. The average Bonchev–Trinajstić information content (AvgIpc) is 2.34. The molecule has 2 aromatic rings. The van der Waals surface area contributed by atoms with E-state index in [0.29, 0.717) is 11.4 Å². The third kappa shape index (κ3) is 2.96. The molecule has 2 rings (SSSR count). The van der Waals surface area contributed by atoms with Gasteiger partial charge in [0.25, 0.3) is 5.91 Å². The van der Waals surface area contributed by atoms with Gasteiger partial charge in [-0.25, -0.2) is 4.98 Å². The second-order valence-electron chi connectivity index (χ2n) is 4.14. The van der Waals surface area contributed by atoms with Crippen molar-refractivity contribution >= 4 is 27.7 Å². The van der Waals surface area contributed by atoms with Gasteiger partial charge >= 0.3 is 0 Å². The number of rotatable bonds is 2. The van der Waals surface area contributed by atoms with E-state index in [1.54, 1.807) is 18.3 Å². The number of nitrogens with one attached hydrogen (secondary N) is 1. The largest absolute Gasteiger partial charge is 0.307 e. The zero-order chi connectivity index (χ0) is 13.1. The summed E-state index contributed by atoms with van der Waals surface area (Å²) >= 11 is 3.37. The highest BCUT2D eigenvalue weighted by molar-refractivity contribution is 9.10. The van der Waals surface area contributed by atoms with Crippen LogP contribution in [0.3, 0.4) is 0 Å². The number of anilines is 1. The molecule has 0 aliphatic heterocycles. The van der Waals surface area contributed by atoms with Crippen LogP contribution >= 0.6 is 15.9 Å². The Labute approximate surface area is 114 Å². The first-order chi connectivity index (χ1) is 8.56. The first-order valence-corrected chi connectivity index (χ1v) is 6.36. The Bertz CT molecular complexity index is 579. The van der Waals surface area contributed by atoms with Crippen LogP contribution < -0.4 is 5.32 Å². The van der Waals surface area contributed by atoms with E-state index in [9.17, 15) is 4.79 Å². The number of carbonyl (C=O) groups excluding carboxylic acids is 1. The van der Waals surface area contributed by atoms with Crippen LogP contribution in [-0.4, -0.2) is 10.9 Å². The van der Waals surface area contributed by atoms with Crippen molar-refractivity contribution in [3.8, 4) is 0 Å². The molecule has 1 aromatic carbocycles. The van der Waals surface area contributed by atoms with Crippen LogP contribution in [-0.2, 0) is 0 Å². The predicted octanol–water partition coefficient (Wildman–Crippen LogP) is 3.71. The van der Waals surface area contributed by atoms with E-state index in [2.05, 4.69) is 26.2 Å². The highest BCUT2D eigenvalue weighted by Gasteiger charge is 2.07. The zero-order valence-electron chi connectivity index (χ0n) is 10.2. The van der Waals surface area contributed by atoms with Crippen LogP contribution in [0, 0.1) is 13.8 Å². The lowest BCUT2D eigenvalue weighted by molar-refractivity contribution is 0.102. The fraction of sp³-hybridized carbons (Fsp3) is 0.143. The zero-order valence-corrected chi connectivity index (χ0v) is 11.8. The first-order valence-electron chi connectivity index (χ1n) is 5.56. The summed E-state index contributed by atoms with van der Waals surface area (Å²) in [5.74, 6) is 0.408. The van der Waals surface area contributed by atoms with E-state index in [-0.39, 0.29) is 5.91 Å². The number of nitrogens with zero attached hydrogens (tertiary/aromatic N) is 1. The van der Waals surface area contributed by atoms with Crippen LogP contribution in [0.15, 0.2) is 41.0 Å². The molecule has 1 amide bonds. The summed E-state index contributed by atoms with van der Waals surface area (Å²) in [5.41, 5.74) is 2.79. The number of hydrogen-bond acceptors (Lipinski definition) is 2. The smallest absolute Gasteiger partial charge is 0.256 e. The lowest BCUT2D eigenvalue weighted by atomic mass is 10.1. The van der Waals surface area contributed by atoms with Crippen LogP contribution in [0.2, 0.25) is 0 Å². The minimum absolute atomic E-state index is 0.149. The van der Waals surface area contributed by atoms with Crippen LogP contribution in [0.25, 0.3) is 0 Å². The van der Waals surface area contributed by atoms with E-state index in [0.717, 1.165) is 15.6 Å². The van der Waals surface area contributed by atoms with E-state index in [1.165, 1.54) is 0 Å². The molecule has 0 saturated carbocycles. The Balaban J connectivity index is 2.16. The minimum atomic E-state index is -0.149.